The summed E-state index contributed by atoms with van der Waals surface area (Å²) in [4.78, 5) is 29.7. The van der Waals surface area contributed by atoms with Gasteiger partial charge in [-0.25, -0.2) is 4.39 Å². The van der Waals surface area contributed by atoms with Crippen molar-refractivity contribution in [2.24, 2.45) is 0 Å². The number of aliphatic hydroxyl groups is 1. The van der Waals surface area contributed by atoms with Gasteiger partial charge in [-0.2, -0.15) is 0 Å². The molecule has 2 N–H and O–H groups in total. The number of ketones is 1. The summed E-state index contributed by atoms with van der Waals surface area (Å²) in [6.45, 7) is 4.39. The maximum absolute atomic E-state index is 13.6. The Kier molecular flexibility index (Phi) is 6.53. The number of halogens is 1. The molecule has 2 saturated heterocycles. The second-order valence-electron chi connectivity index (χ2n) is 7.86. The van der Waals surface area contributed by atoms with Gasteiger partial charge < -0.3 is 20.1 Å². The molecule has 2 aromatic rings. The SMILES string of the molecule is COc1ccc(/C(O)=C2\C(=O)C(=O)N(CCN3CCNCC3)C2c2ccc(F)cc2)cc1. The highest BCUT2D eigenvalue weighted by Crippen LogP contribution is 2.39. The van der Waals surface area contributed by atoms with Gasteiger partial charge in [-0.05, 0) is 42.0 Å². The van der Waals surface area contributed by atoms with Crippen LogP contribution in [0.4, 0.5) is 4.39 Å². The van der Waals surface area contributed by atoms with Gasteiger partial charge in [0.25, 0.3) is 11.7 Å². The van der Waals surface area contributed by atoms with Crippen LogP contribution >= 0.6 is 0 Å². The van der Waals surface area contributed by atoms with Crippen LogP contribution in [0.15, 0.2) is 54.1 Å². The Labute approximate surface area is 186 Å². The summed E-state index contributed by atoms with van der Waals surface area (Å²) in [6, 6.07) is 11.5. The minimum atomic E-state index is -0.791. The molecule has 0 aromatic heterocycles. The number of methoxy groups -OCH3 is 1. The van der Waals surface area contributed by atoms with E-state index in [4.69, 9.17) is 4.74 Å². The molecule has 0 spiro atoms. The van der Waals surface area contributed by atoms with Gasteiger partial charge in [0.2, 0.25) is 0 Å². The lowest BCUT2D eigenvalue weighted by atomic mass is 9.95. The zero-order valence-electron chi connectivity index (χ0n) is 17.9. The summed E-state index contributed by atoms with van der Waals surface area (Å²) in [5.74, 6) is -1.47. The molecule has 0 radical (unpaired) electrons. The second-order valence-corrected chi connectivity index (χ2v) is 7.86. The maximum atomic E-state index is 13.6. The highest BCUT2D eigenvalue weighted by molar-refractivity contribution is 6.46. The molecule has 2 heterocycles. The lowest BCUT2D eigenvalue weighted by Gasteiger charge is -2.31. The van der Waals surface area contributed by atoms with Crippen LogP contribution < -0.4 is 10.1 Å². The van der Waals surface area contributed by atoms with Crippen molar-refractivity contribution in [2.45, 2.75) is 6.04 Å². The van der Waals surface area contributed by atoms with Crippen molar-refractivity contribution in [3.05, 3.63) is 71.0 Å². The van der Waals surface area contributed by atoms with Crippen LogP contribution in [0, 0.1) is 5.82 Å². The molecular formula is C24H26FN3O4. The highest BCUT2D eigenvalue weighted by Gasteiger charge is 2.46. The van der Waals surface area contributed by atoms with Crippen molar-refractivity contribution >= 4 is 17.4 Å². The second kappa shape index (κ2) is 9.50. The smallest absolute Gasteiger partial charge is 0.295 e. The first-order valence-corrected chi connectivity index (χ1v) is 10.6. The fourth-order valence-electron chi connectivity index (χ4n) is 4.19. The molecular weight excluding hydrogens is 413 g/mol. The Balaban J connectivity index is 1.71. The van der Waals surface area contributed by atoms with Crippen LogP contribution in [0.5, 0.6) is 5.75 Å². The Morgan fingerprint density at radius 3 is 2.34 bits per heavy atom. The van der Waals surface area contributed by atoms with Crippen LogP contribution in [0.3, 0.4) is 0 Å². The largest absolute Gasteiger partial charge is 0.507 e. The van der Waals surface area contributed by atoms with Crippen LogP contribution in [-0.4, -0.2) is 73.0 Å². The predicted molar refractivity (Wildman–Crippen MR) is 118 cm³/mol. The number of hydrogen-bond acceptors (Lipinski definition) is 6. The molecule has 0 aliphatic carbocycles. The van der Waals surface area contributed by atoms with E-state index in [0.717, 1.165) is 26.2 Å². The molecule has 7 nitrogen and oxygen atoms in total. The normalized spacial score (nSPS) is 21.2. The molecule has 2 aromatic carbocycles. The van der Waals surface area contributed by atoms with Gasteiger partial charge in [-0.1, -0.05) is 12.1 Å². The summed E-state index contributed by atoms with van der Waals surface area (Å²) in [7, 11) is 1.54. The van der Waals surface area contributed by atoms with Crippen LogP contribution in [0.25, 0.3) is 5.76 Å². The number of carbonyl (C=O) groups excluding carboxylic acids is 2. The molecule has 2 aliphatic heterocycles. The minimum Gasteiger partial charge on any atom is -0.507 e. The summed E-state index contributed by atoms with van der Waals surface area (Å²) >= 11 is 0. The van der Waals surface area contributed by atoms with Crippen LogP contribution in [-0.2, 0) is 9.59 Å². The van der Waals surface area contributed by atoms with E-state index in [1.807, 2.05) is 0 Å². The monoisotopic (exact) mass is 439 g/mol. The standard InChI is InChI=1S/C24H26FN3O4/c1-32-19-8-4-17(5-9-19)22(29)20-21(16-2-6-18(25)7-3-16)28(24(31)23(20)30)15-14-27-12-10-26-11-13-27/h2-9,21,26,29H,10-15H2,1H3/b22-20+. The van der Waals surface area contributed by atoms with E-state index >= 15 is 0 Å². The molecule has 0 saturated carbocycles. The number of amides is 1. The molecule has 168 valence electrons. The number of piperazine rings is 1. The summed E-state index contributed by atoms with van der Waals surface area (Å²) in [5, 5.41) is 14.3. The lowest BCUT2D eigenvalue weighted by Crippen LogP contribution is -2.46. The Morgan fingerprint density at radius 2 is 1.72 bits per heavy atom. The van der Waals surface area contributed by atoms with E-state index in [1.165, 1.54) is 24.1 Å². The lowest BCUT2D eigenvalue weighted by molar-refractivity contribution is -0.140. The summed E-state index contributed by atoms with van der Waals surface area (Å²) in [6.07, 6.45) is 0. The molecule has 1 amide bonds. The molecule has 1 atom stereocenters. The first kappa shape index (κ1) is 22.0. The number of nitrogens with zero attached hydrogens (tertiary/aromatic N) is 2. The van der Waals surface area contributed by atoms with E-state index in [0.29, 0.717) is 30.0 Å². The van der Waals surface area contributed by atoms with Gasteiger partial charge in [-0.15, -0.1) is 0 Å². The van der Waals surface area contributed by atoms with E-state index in [2.05, 4.69) is 10.2 Å². The van der Waals surface area contributed by atoms with E-state index < -0.39 is 23.5 Å². The van der Waals surface area contributed by atoms with Crippen molar-refractivity contribution in [3.8, 4) is 5.75 Å². The summed E-state index contributed by atoms with van der Waals surface area (Å²) < 4.78 is 18.7. The molecule has 2 aliphatic rings. The topological polar surface area (TPSA) is 82.1 Å². The minimum absolute atomic E-state index is 0.00656. The quantitative estimate of drug-likeness (QED) is 0.408. The predicted octanol–water partition coefficient (Wildman–Crippen LogP) is 2.16. The zero-order chi connectivity index (χ0) is 22.7. The molecule has 8 heteroatoms. The fourth-order valence-corrected chi connectivity index (χ4v) is 4.19. The number of aliphatic hydroxyl groups excluding tert-OH is 1. The Morgan fingerprint density at radius 1 is 1.06 bits per heavy atom. The number of hydrogen-bond donors (Lipinski definition) is 2. The third kappa shape index (κ3) is 4.37. The first-order chi connectivity index (χ1) is 15.5. The third-order valence-electron chi connectivity index (χ3n) is 5.96. The van der Waals surface area contributed by atoms with Crippen molar-refractivity contribution < 1.29 is 23.8 Å². The average Bonchev–Trinajstić information content (AvgIpc) is 3.08. The van der Waals surface area contributed by atoms with Crippen LogP contribution in [0.2, 0.25) is 0 Å². The maximum Gasteiger partial charge on any atom is 0.295 e. The molecule has 0 bridgehead atoms. The Bertz CT molecular complexity index is 1010. The van der Waals surface area contributed by atoms with Crippen molar-refractivity contribution in [1.82, 2.24) is 15.1 Å². The van der Waals surface area contributed by atoms with Gasteiger partial charge in [-0.3, -0.25) is 14.5 Å². The van der Waals surface area contributed by atoms with Crippen molar-refractivity contribution in [2.75, 3.05) is 46.4 Å². The fraction of sp³-hybridized carbons (Fsp3) is 0.333. The number of ether oxygens (including phenoxy) is 1. The highest BCUT2D eigenvalue weighted by atomic mass is 19.1. The van der Waals surface area contributed by atoms with E-state index in [-0.39, 0.29) is 11.3 Å². The number of benzene rings is 2. The van der Waals surface area contributed by atoms with Crippen molar-refractivity contribution in [3.63, 3.8) is 0 Å². The van der Waals surface area contributed by atoms with Gasteiger partial charge in [0.05, 0.1) is 18.7 Å². The molecule has 1 unspecified atom stereocenters. The first-order valence-electron chi connectivity index (χ1n) is 10.6. The van der Waals surface area contributed by atoms with Gasteiger partial charge in [0, 0.05) is 44.8 Å². The molecule has 2 fully saturated rings. The number of rotatable bonds is 6. The number of likely N-dealkylation sites (tertiary alicyclic amines) is 1. The Hall–Kier alpha value is -3.23. The summed E-state index contributed by atoms with van der Waals surface area (Å²) in [5.41, 5.74) is 0.978. The average molecular weight is 439 g/mol. The zero-order valence-corrected chi connectivity index (χ0v) is 17.9. The number of carbonyl (C=O) groups is 2. The molecule has 4 rings (SSSR count). The van der Waals surface area contributed by atoms with Gasteiger partial charge >= 0.3 is 0 Å². The number of nitrogens with one attached hydrogen (secondary N) is 1. The van der Waals surface area contributed by atoms with Gasteiger partial charge in [0.1, 0.15) is 17.3 Å². The number of Topliss-reactive ketones (excluding diaryl/α,β-unsaturated/α-hetero) is 1. The van der Waals surface area contributed by atoms with E-state index in [9.17, 15) is 19.1 Å². The van der Waals surface area contributed by atoms with Crippen molar-refractivity contribution in [1.29, 1.82) is 0 Å². The van der Waals surface area contributed by atoms with Crippen LogP contribution in [0.1, 0.15) is 17.2 Å². The van der Waals surface area contributed by atoms with Gasteiger partial charge in [0.15, 0.2) is 0 Å². The molecule has 32 heavy (non-hydrogen) atoms. The van der Waals surface area contributed by atoms with E-state index in [1.54, 1.807) is 36.4 Å². The third-order valence-corrected chi connectivity index (χ3v) is 5.96.